The molecule has 0 atom stereocenters. The number of para-hydroxylation sites is 2. The molecule has 3 aromatic rings. The van der Waals surface area contributed by atoms with Crippen LogP contribution in [0.1, 0.15) is 35.8 Å². The Bertz CT molecular complexity index is 919. The monoisotopic (exact) mass is 355 g/mol. The smallest absolute Gasteiger partial charge is 0.259 e. The zero-order valence-electron chi connectivity index (χ0n) is 13.9. The topological polar surface area (TPSA) is 67.2 Å². The van der Waals surface area contributed by atoms with Crippen LogP contribution in [0, 0.1) is 0 Å². The van der Waals surface area contributed by atoms with E-state index < -0.39 is 0 Å². The van der Waals surface area contributed by atoms with E-state index in [1.54, 1.807) is 35.0 Å². The van der Waals surface area contributed by atoms with Gasteiger partial charge in [-0.2, -0.15) is 5.10 Å². The number of phenolic OH excluding ortho intramolecular Hbond substituents is 1. The fourth-order valence-corrected chi connectivity index (χ4v) is 2.86. The number of aromatic nitrogens is 2. The van der Waals surface area contributed by atoms with Gasteiger partial charge in [0.05, 0.1) is 28.8 Å². The summed E-state index contributed by atoms with van der Waals surface area (Å²) in [5.41, 5.74) is 2.38. The van der Waals surface area contributed by atoms with Crippen molar-refractivity contribution in [3.05, 3.63) is 71.0 Å². The number of carbonyl (C=O) groups excluding carboxylic acids is 1. The molecule has 1 heterocycles. The molecule has 128 valence electrons. The standard InChI is InChI=1S/C19H18ClN3O2/c1-12(2)18-15(19(25)22-16-8-3-4-9-17(16)24)11-21-23(18)14-7-5-6-13(20)10-14/h3-12,24H,1-2H3,(H,22,25). The molecule has 0 bridgehead atoms. The number of amides is 1. The van der Waals surface area contributed by atoms with Crippen LogP contribution in [0.3, 0.4) is 0 Å². The Balaban J connectivity index is 2.00. The Morgan fingerprint density at radius 2 is 1.96 bits per heavy atom. The third kappa shape index (κ3) is 3.51. The Morgan fingerprint density at radius 3 is 2.64 bits per heavy atom. The van der Waals surface area contributed by atoms with E-state index in [-0.39, 0.29) is 17.6 Å². The molecule has 0 aliphatic rings. The quantitative estimate of drug-likeness (QED) is 0.672. The highest BCUT2D eigenvalue weighted by atomic mass is 35.5. The van der Waals surface area contributed by atoms with Crippen LogP contribution in [-0.4, -0.2) is 20.8 Å². The van der Waals surface area contributed by atoms with Crippen molar-refractivity contribution in [3.8, 4) is 11.4 Å². The van der Waals surface area contributed by atoms with E-state index in [0.717, 1.165) is 11.4 Å². The Hall–Kier alpha value is -2.79. The predicted octanol–water partition coefficient (Wildman–Crippen LogP) is 4.61. The summed E-state index contributed by atoms with van der Waals surface area (Å²) in [7, 11) is 0. The van der Waals surface area contributed by atoms with Crippen molar-refractivity contribution in [3.63, 3.8) is 0 Å². The Morgan fingerprint density at radius 1 is 1.20 bits per heavy atom. The van der Waals surface area contributed by atoms with E-state index in [1.165, 1.54) is 12.3 Å². The molecule has 2 N–H and O–H groups in total. The van der Waals surface area contributed by atoms with Gasteiger partial charge in [-0.15, -0.1) is 0 Å². The molecule has 5 nitrogen and oxygen atoms in total. The lowest BCUT2D eigenvalue weighted by Crippen LogP contribution is -2.15. The number of nitrogens with one attached hydrogen (secondary N) is 1. The van der Waals surface area contributed by atoms with Gasteiger partial charge in [0.2, 0.25) is 0 Å². The summed E-state index contributed by atoms with van der Waals surface area (Å²) in [6.45, 7) is 3.99. The molecular formula is C19H18ClN3O2. The highest BCUT2D eigenvalue weighted by Gasteiger charge is 2.21. The number of rotatable bonds is 4. The number of hydrogen-bond acceptors (Lipinski definition) is 3. The first kappa shape index (κ1) is 17.0. The van der Waals surface area contributed by atoms with Crippen LogP contribution in [0.4, 0.5) is 5.69 Å². The molecule has 6 heteroatoms. The van der Waals surface area contributed by atoms with Gasteiger partial charge in [0, 0.05) is 5.02 Å². The maximum Gasteiger partial charge on any atom is 0.259 e. The second kappa shape index (κ2) is 6.99. The van der Waals surface area contributed by atoms with Crippen molar-refractivity contribution < 1.29 is 9.90 Å². The van der Waals surface area contributed by atoms with E-state index in [1.807, 2.05) is 26.0 Å². The molecule has 0 aliphatic heterocycles. The maximum atomic E-state index is 12.7. The molecule has 3 rings (SSSR count). The van der Waals surface area contributed by atoms with Gasteiger partial charge in [-0.1, -0.05) is 43.6 Å². The largest absolute Gasteiger partial charge is 0.506 e. The minimum Gasteiger partial charge on any atom is -0.506 e. The van der Waals surface area contributed by atoms with E-state index in [9.17, 15) is 9.90 Å². The lowest BCUT2D eigenvalue weighted by molar-refractivity contribution is 0.102. The average molecular weight is 356 g/mol. The van der Waals surface area contributed by atoms with Crippen molar-refractivity contribution >= 4 is 23.2 Å². The second-order valence-electron chi connectivity index (χ2n) is 5.96. The van der Waals surface area contributed by atoms with Gasteiger partial charge in [0.1, 0.15) is 5.75 Å². The highest BCUT2D eigenvalue weighted by molar-refractivity contribution is 6.30. The number of carbonyl (C=O) groups is 1. The van der Waals surface area contributed by atoms with Crippen LogP contribution in [0.15, 0.2) is 54.7 Å². The van der Waals surface area contributed by atoms with Gasteiger partial charge in [-0.05, 0) is 36.2 Å². The Kier molecular flexibility index (Phi) is 4.76. The van der Waals surface area contributed by atoms with Crippen LogP contribution in [0.5, 0.6) is 5.75 Å². The van der Waals surface area contributed by atoms with Crippen molar-refractivity contribution in [2.45, 2.75) is 19.8 Å². The molecule has 0 saturated heterocycles. The predicted molar refractivity (Wildman–Crippen MR) is 98.7 cm³/mol. The molecule has 1 amide bonds. The third-order valence-electron chi connectivity index (χ3n) is 3.80. The van der Waals surface area contributed by atoms with Gasteiger partial charge in [-0.3, -0.25) is 4.79 Å². The number of phenols is 1. The van der Waals surface area contributed by atoms with Crippen molar-refractivity contribution in [2.75, 3.05) is 5.32 Å². The maximum absolute atomic E-state index is 12.7. The molecule has 0 radical (unpaired) electrons. The Labute approximate surface area is 150 Å². The molecule has 0 saturated carbocycles. The lowest BCUT2D eigenvalue weighted by atomic mass is 10.0. The summed E-state index contributed by atoms with van der Waals surface area (Å²) in [5, 5.41) is 17.5. The molecular weight excluding hydrogens is 338 g/mol. The summed E-state index contributed by atoms with van der Waals surface area (Å²) in [6, 6.07) is 13.9. The summed E-state index contributed by atoms with van der Waals surface area (Å²) < 4.78 is 1.72. The molecule has 0 spiro atoms. The second-order valence-corrected chi connectivity index (χ2v) is 6.40. The number of halogens is 1. The summed E-state index contributed by atoms with van der Waals surface area (Å²) >= 11 is 6.07. The van der Waals surface area contributed by atoms with E-state index in [4.69, 9.17) is 11.6 Å². The van der Waals surface area contributed by atoms with Crippen LogP contribution in [-0.2, 0) is 0 Å². The van der Waals surface area contributed by atoms with Gasteiger partial charge in [-0.25, -0.2) is 4.68 Å². The summed E-state index contributed by atoms with van der Waals surface area (Å²) in [4.78, 5) is 12.7. The SMILES string of the molecule is CC(C)c1c(C(=O)Nc2ccccc2O)cnn1-c1cccc(Cl)c1. The molecule has 25 heavy (non-hydrogen) atoms. The number of benzene rings is 2. The van der Waals surface area contributed by atoms with Crippen molar-refractivity contribution in [1.82, 2.24) is 9.78 Å². The normalized spacial score (nSPS) is 10.9. The zero-order valence-corrected chi connectivity index (χ0v) is 14.7. The lowest BCUT2D eigenvalue weighted by Gasteiger charge is -2.13. The molecule has 0 fully saturated rings. The molecule has 0 aliphatic carbocycles. The summed E-state index contributed by atoms with van der Waals surface area (Å²) in [5.74, 6) is -0.241. The molecule has 0 unspecified atom stereocenters. The fraction of sp³-hybridized carbons (Fsp3) is 0.158. The van der Waals surface area contributed by atoms with Crippen LogP contribution >= 0.6 is 11.6 Å². The van der Waals surface area contributed by atoms with Crippen molar-refractivity contribution in [2.24, 2.45) is 0 Å². The average Bonchev–Trinajstić information content (AvgIpc) is 3.02. The van der Waals surface area contributed by atoms with Gasteiger partial charge in [0.25, 0.3) is 5.91 Å². The summed E-state index contributed by atoms with van der Waals surface area (Å²) in [6.07, 6.45) is 1.53. The number of hydrogen-bond donors (Lipinski definition) is 2. The minimum absolute atomic E-state index is 0.0178. The zero-order chi connectivity index (χ0) is 18.0. The molecule has 2 aromatic carbocycles. The first-order valence-corrected chi connectivity index (χ1v) is 8.28. The van der Waals surface area contributed by atoms with E-state index in [2.05, 4.69) is 10.4 Å². The number of aromatic hydroxyl groups is 1. The van der Waals surface area contributed by atoms with Gasteiger partial charge < -0.3 is 10.4 Å². The van der Waals surface area contributed by atoms with E-state index in [0.29, 0.717) is 16.3 Å². The minimum atomic E-state index is -0.321. The van der Waals surface area contributed by atoms with Crippen LogP contribution < -0.4 is 5.32 Å². The van der Waals surface area contributed by atoms with E-state index >= 15 is 0 Å². The van der Waals surface area contributed by atoms with Gasteiger partial charge in [0.15, 0.2) is 0 Å². The van der Waals surface area contributed by atoms with Crippen LogP contribution in [0.25, 0.3) is 5.69 Å². The highest BCUT2D eigenvalue weighted by Crippen LogP contribution is 2.27. The number of nitrogens with zero attached hydrogens (tertiary/aromatic N) is 2. The fourth-order valence-electron chi connectivity index (χ4n) is 2.67. The third-order valence-corrected chi connectivity index (χ3v) is 4.04. The van der Waals surface area contributed by atoms with Crippen molar-refractivity contribution in [1.29, 1.82) is 0 Å². The first-order chi connectivity index (χ1) is 12.0. The molecule has 1 aromatic heterocycles. The van der Waals surface area contributed by atoms with Crippen LogP contribution in [0.2, 0.25) is 5.02 Å². The van der Waals surface area contributed by atoms with Gasteiger partial charge >= 0.3 is 0 Å². The first-order valence-electron chi connectivity index (χ1n) is 7.90. The number of anilines is 1.